The highest BCUT2D eigenvalue weighted by atomic mass is 16.2. The van der Waals surface area contributed by atoms with Crippen molar-refractivity contribution < 1.29 is 9.59 Å². The normalized spacial score (nSPS) is 21.3. The lowest BCUT2D eigenvalue weighted by atomic mass is 9.99. The fourth-order valence-electron chi connectivity index (χ4n) is 2.46. The molecule has 1 aliphatic rings. The van der Waals surface area contributed by atoms with Gasteiger partial charge in [0, 0.05) is 18.5 Å². The first-order chi connectivity index (χ1) is 8.24. The smallest absolute Gasteiger partial charge is 0.222 e. The van der Waals surface area contributed by atoms with Crippen LogP contribution in [0.1, 0.15) is 53.9 Å². The maximum Gasteiger partial charge on any atom is 0.222 e. The number of likely N-dealkylation sites (tertiary alicyclic amines) is 1. The third kappa shape index (κ3) is 3.80. The Bertz CT molecular complexity index is 324. The average molecular weight is 254 g/mol. The first-order valence-corrected chi connectivity index (χ1v) is 6.82. The quantitative estimate of drug-likeness (QED) is 0.813. The van der Waals surface area contributed by atoms with Crippen LogP contribution in [0.3, 0.4) is 0 Å². The minimum absolute atomic E-state index is 0.0111. The molecule has 1 fully saturated rings. The molecule has 0 aromatic heterocycles. The van der Waals surface area contributed by atoms with E-state index in [1.165, 1.54) is 6.92 Å². The Morgan fingerprint density at radius 1 is 1.39 bits per heavy atom. The molecule has 0 spiro atoms. The Morgan fingerprint density at radius 3 is 2.50 bits per heavy atom. The van der Waals surface area contributed by atoms with Gasteiger partial charge in [0.2, 0.25) is 5.91 Å². The molecule has 1 N–H and O–H groups in total. The minimum Gasteiger partial charge on any atom is -0.344 e. The van der Waals surface area contributed by atoms with Gasteiger partial charge in [0.1, 0.15) is 0 Å². The van der Waals surface area contributed by atoms with E-state index in [1.807, 2.05) is 0 Å². The molecule has 4 heteroatoms. The van der Waals surface area contributed by atoms with Crippen LogP contribution in [0, 0.1) is 0 Å². The zero-order valence-corrected chi connectivity index (χ0v) is 12.2. The van der Waals surface area contributed by atoms with Gasteiger partial charge < -0.3 is 5.32 Å². The molecule has 1 heterocycles. The van der Waals surface area contributed by atoms with E-state index in [-0.39, 0.29) is 11.7 Å². The number of hydrogen-bond donors (Lipinski definition) is 1. The summed E-state index contributed by atoms with van der Waals surface area (Å²) in [6, 6.07) is 0.805. The van der Waals surface area contributed by atoms with Gasteiger partial charge in [-0.25, -0.2) is 0 Å². The van der Waals surface area contributed by atoms with E-state index in [1.54, 1.807) is 13.8 Å². The Labute approximate surface area is 110 Å². The van der Waals surface area contributed by atoms with Crippen LogP contribution >= 0.6 is 0 Å². The molecule has 4 nitrogen and oxygen atoms in total. The van der Waals surface area contributed by atoms with Gasteiger partial charge >= 0.3 is 0 Å². The summed E-state index contributed by atoms with van der Waals surface area (Å²) < 4.78 is 0. The Balaban J connectivity index is 2.52. The lowest BCUT2D eigenvalue weighted by molar-refractivity contribution is -0.130. The fraction of sp³-hybridized carbons (Fsp3) is 0.857. The van der Waals surface area contributed by atoms with Crippen molar-refractivity contribution in [2.45, 2.75) is 71.5 Å². The number of carbonyl (C=O) groups is 2. The highest BCUT2D eigenvalue weighted by Gasteiger charge is 2.31. The third-order valence-electron chi connectivity index (χ3n) is 3.84. The number of Topliss-reactive ketones (excluding diaryl/α,β-unsaturated/α-hetero) is 1. The monoisotopic (exact) mass is 254 g/mol. The molecule has 0 bridgehead atoms. The van der Waals surface area contributed by atoms with Gasteiger partial charge in [-0.3, -0.25) is 14.5 Å². The SMILES string of the molecule is CC(=O)C(C)(C)NC(=O)C[C@@H]1CCCN1C(C)C. The third-order valence-corrected chi connectivity index (χ3v) is 3.84. The van der Waals surface area contributed by atoms with Crippen LogP contribution in [0.15, 0.2) is 0 Å². The van der Waals surface area contributed by atoms with Crippen molar-refractivity contribution in [1.29, 1.82) is 0 Å². The number of nitrogens with zero attached hydrogens (tertiary/aromatic N) is 1. The number of rotatable bonds is 5. The molecule has 1 amide bonds. The van der Waals surface area contributed by atoms with Crippen molar-refractivity contribution in [3.8, 4) is 0 Å². The Kier molecular flexibility index (Phi) is 4.91. The molecule has 0 aliphatic carbocycles. The topological polar surface area (TPSA) is 49.4 Å². The van der Waals surface area contributed by atoms with Gasteiger partial charge in [0.25, 0.3) is 0 Å². The largest absolute Gasteiger partial charge is 0.344 e. The number of ketones is 1. The van der Waals surface area contributed by atoms with E-state index in [4.69, 9.17) is 0 Å². The van der Waals surface area contributed by atoms with Crippen LogP contribution in [0.25, 0.3) is 0 Å². The molecule has 0 radical (unpaired) electrons. The molecule has 0 aromatic carbocycles. The summed E-state index contributed by atoms with van der Waals surface area (Å²) in [5, 5.41) is 2.83. The fourth-order valence-corrected chi connectivity index (χ4v) is 2.46. The lowest BCUT2D eigenvalue weighted by Crippen LogP contribution is -2.50. The zero-order chi connectivity index (χ0) is 13.9. The van der Waals surface area contributed by atoms with Crippen LogP contribution in [0.2, 0.25) is 0 Å². The predicted octanol–water partition coefficient (Wildman–Crippen LogP) is 1.73. The summed E-state index contributed by atoms with van der Waals surface area (Å²) in [7, 11) is 0. The highest BCUT2D eigenvalue weighted by molar-refractivity contribution is 5.90. The maximum atomic E-state index is 12.0. The molecule has 0 aromatic rings. The zero-order valence-electron chi connectivity index (χ0n) is 12.2. The molecule has 0 saturated carbocycles. The first-order valence-electron chi connectivity index (χ1n) is 6.82. The number of carbonyl (C=O) groups excluding carboxylic acids is 2. The molecular weight excluding hydrogens is 228 g/mol. The van der Waals surface area contributed by atoms with Crippen molar-refractivity contribution in [1.82, 2.24) is 10.2 Å². The summed E-state index contributed by atoms with van der Waals surface area (Å²) in [4.78, 5) is 25.8. The maximum absolute atomic E-state index is 12.0. The van der Waals surface area contributed by atoms with E-state index in [0.717, 1.165) is 19.4 Å². The van der Waals surface area contributed by atoms with Crippen molar-refractivity contribution in [2.75, 3.05) is 6.54 Å². The second-order valence-corrected chi connectivity index (χ2v) is 6.06. The minimum atomic E-state index is -0.752. The van der Waals surface area contributed by atoms with Gasteiger partial charge in [-0.2, -0.15) is 0 Å². The first kappa shape index (κ1) is 15.2. The van der Waals surface area contributed by atoms with Crippen LogP contribution in [0.5, 0.6) is 0 Å². The van der Waals surface area contributed by atoms with E-state index >= 15 is 0 Å². The van der Waals surface area contributed by atoms with Gasteiger partial charge in [-0.1, -0.05) is 0 Å². The molecule has 1 aliphatic heterocycles. The second kappa shape index (κ2) is 5.83. The molecule has 1 saturated heterocycles. The van der Waals surface area contributed by atoms with Crippen LogP contribution in [-0.4, -0.2) is 40.8 Å². The summed E-state index contributed by atoms with van der Waals surface area (Å²) >= 11 is 0. The van der Waals surface area contributed by atoms with E-state index < -0.39 is 5.54 Å². The van der Waals surface area contributed by atoms with Crippen LogP contribution in [0.4, 0.5) is 0 Å². The number of amides is 1. The summed E-state index contributed by atoms with van der Waals surface area (Å²) in [6.07, 6.45) is 2.73. The Morgan fingerprint density at radius 2 is 2.00 bits per heavy atom. The number of nitrogens with one attached hydrogen (secondary N) is 1. The standard InChI is InChI=1S/C14H26N2O2/c1-10(2)16-8-6-7-12(16)9-13(18)15-14(4,5)11(3)17/h10,12H,6-9H2,1-5H3,(H,15,18)/t12-/m0/s1. The predicted molar refractivity (Wildman–Crippen MR) is 72.4 cm³/mol. The van der Waals surface area contributed by atoms with Crippen LogP contribution in [-0.2, 0) is 9.59 Å². The molecule has 1 atom stereocenters. The van der Waals surface area contributed by atoms with Gasteiger partial charge in [0.05, 0.1) is 5.54 Å². The van der Waals surface area contributed by atoms with Crippen molar-refractivity contribution in [2.24, 2.45) is 0 Å². The van der Waals surface area contributed by atoms with Gasteiger partial charge in [0.15, 0.2) is 5.78 Å². The van der Waals surface area contributed by atoms with E-state index in [2.05, 4.69) is 24.1 Å². The molecule has 18 heavy (non-hydrogen) atoms. The molecule has 0 unspecified atom stereocenters. The van der Waals surface area contributed by atoms with Crippen molar-refractivity contribution in [3.63, 3.8) is 0 Å². The average Bonchev–Trinajstić information content (AvgIpc) is 2.64. The molecule has 104 valence electrons. The lowest BCUT2D eigenvalue weighted by Gasteiger charge is -2.29. The van der Waals surface area contributed by atoms with Gasteiger partial charge in [-0.15, -0.1) is 0 Å². The van der Waals surface area contributed by atoms with Crippen molar-refractivity contribution in [3.05, 3.63) is 0 Å². The summed E-state index contributed by atoms with van der Waals surface area (Å²) in [5.74, 6) is -0.0317. The van der Waals surface area contributed by atoms with Crippen molar-refractivity contribution >= 4 is 11.7 Å². The summed E-state index contributed by atoms with van der Waals surface area (Å²) in [5.41, 5.74) is -0.752. The van der Waals surface area contributed by atoms with Gasteiger partial charge in [-0.05, 0) is 54.0 Å². The number of hydrogen-bond acceptors (Lipinski definition) is 3. The van der Waals surface area contributed by atoms with E-state index in [9.17, 15) is 9.59 Å². The van der Waals surface area contributed by atoms with Crippen LogP contribution < -0.4 is 5.32 Å². The molecular formula is C14H26N2O2. The Hall–Kier alpha value is -0.900. The summed E-state index contributed by atoms with van der Waals surface area (Å²) in [6.45, 7) is 10.4. The second-order valence-electron chi connectivity index (χ2n) is 6.06. The van der Waals surface area contributed by atoms with E-state index in [0.29, 0.717) is 18.5 Å². The molecule has 1 rings (SSSR count). The highest BCUT2D eigenvalue weighted by Crippen LogP contribution is 2.22.